The van der Waals surface area contributed by atoms with E-state index >= 15 is 0 Å². The van der Waals surface area contributed by atoms with E-state index in [2.05, 4.69) is 36.7 Å². The Morgan fingerprint density at radius 2 is 1.78 bits per heavy atom. The molecule has 9 heteroatoms. The molecule has 1 saturated heterocycles. The van der Waals surface area contributed by atoms with Crippen molar-refractivity contribution in [3.8, 4) is 11.5 Å². The van der Waals surface area contributed by atoms with Crippen LogP contribution in [0.5, 0.6) is 11.5 Å². The maximum atomic E-state index is 12.5. The number of para-hydroxylation sites is 1. The highest BCUT2D eigenvalue weighted by atomic mass is 79.9. The summed E-state index contributed by atoms with van der Waals surface area (Å²) < 4.78 is 11.7. The molecule has 3 aromatic carbocycles. The number of amides is 2. The van der Waals surface area contributed by atoms with Crippen molar-refractivity contribution in [2.24, 2.45) is 5.10 Å². The number of anilines is 2. The summed E-state index contributed by atoms with van der Waals surface area (Å²) in [5.74, 6) is 0.216. The van der Waals surface area contributed by atoms with E-state index in [1.807, 2.05) is 30.3 Å². The first-order valence-electron chi connectivity index (χ1n) is 11.6. The lowest BCUT2D eigenvalue weighted by molar-refractivity contribution is -0.118. The van der Waals surface area contributed by atoms with Gasteiger partial charge in [-0.15, -0.1) is 0 Å². The minimum absolute atomic E-state index is 0.191. The Bertz CT molecular complexity index is 1230. The summed E-state index contributed by atoms with van der Waals surface area (Å²) in [6.45, 7) is 1.92. The summed E-state index contributed by atoms with van der Waals surface area (Å²) in [4.78, 5) is 27.0. The maximum absolute atomic E-state index is 12.5. The van der Waals surface area contributed by atoms with Gasteiger partial charge in [-0.1, -0.05) is 18.2 Å². The van der Waals surface area contributed by atoms with Crippen LogP contribution in [0.4, 0.5) is 11.4 Å². The van der Waals surface area contributed by atoms with Gasteiger partial charge in [-0.2, -0.15) is 5.10 Å². The van der Waals surface area contributed by atoms with E-state index in [0.717, 1.165) is 18.8 Å². The quantitative estimate of drug-likeness (QED) is 0.294. The molecule has 0 spiro atoms. The molecule has 4 rings (SSSR count). The van der Waals surface area contributed by atoms with Crippen molar-refractivity contribution in [3.63, 3.8) is 0 Å². The van der Waals surface area contributed by atoms with Crippen LogP contribution in [0, 0.1) is 0 Å². The molecular weight excluding hydrogens is 524 g/mol. The normalized spacial score (nSPS) is 13.0. The van der Waals surface area contributed by atoms with Gasteiger partial charge in [-0.3, -0.25) is 9.59 Å². The molecule has 3 aromatic rings. The van der Waals surface area contributed by atoms with Crippen molar-refractivity contribution >= 4 is 45.3 Å². The second-order valence-electron chi connectivity index (χ2n) is 8.18. The Morgan fingerprint density at radius 1 is 1.06 bits per heavy atom. The first-order chi connectivity index (χ1) is 17.5. The minimum Gasteiger partial charge on any atom is -0.493 e. The van der Waals surface area contributed by atoms with Gasteiger partial charge in [0.05, 0.1) is 17.8 Å². The zero-order valence-electron chi connectivity index (χ0n) is 19.9. The van der Waals surface area contributed by atoms with Crippen molar-refractivity contribution in [3.05, 3.63) is 82.3 Å². The second kappa shape index (κ2) is 12.2. The van der Waals surface area contributed by atoms with E-state index in [1.54, 1.807) is 36.4 Å². The van der Waals surface area contributed by atoms with Gasteiger partial charge in [0.15, 0.2) is 18.1 Å². The highest BCUT2D eigenvalue weighted by Crippen LogP contribution is 2.36. The third kappa shape index (κ3) is 6.63. The monoisotopic (exact) mass is 550 g/mol. The fourth-order valence-electron chi connectivity index (χ4n) is 3.84. The molecule has 0 saturated carbocycles. The van der Waals surface area contributed by atoms with Crippen LogP contribution in [0.2, 0.25) is 0 Å². The predicted octanol–water partition coefficient (Wildman–Crippen LogP) is 4.84. The van der Waals surface area contributed by atoms with Crippen molar-refractivity contribution in [2.75, 3.05) is 37.0 Å². The second-order valence-corrected chi connectivity index (χ2v) is 9.03. The largest absolute Gasteiger partial charge is 0.493 e. The molecule has 0 aromatic heterocycles. The Labute approximate surface area is 218 Å². The van der Waals surface area contributed by atoms with Crippen LogP contribution in [0.25, 0.3) is 0 Å². The molecule has 1 fully saturated rings. The SMILES string of the molecule is COc1cc(/C=N\NC(=O)c2ccc(N3CCCC3)cc2)cc(Br)c1OCC(=O)Nc1ccccc1. The third-order valence-electron chi connectivity index (χ3n) is 5.64. The number of ether oxygens (including phenoxy) is 2. The van der Waals surface area contributed by atoms with Crippen LogP contribution < -0.4 is 25.1 Å². The summed E-state index contributed by atoms with van der Waals surface area (Å²) >= 11 is 3.46. The topological polar surface area (TPSA) is 92.3 Å². The molecule has 2 amide bonds. The lowest BCUT2D eigenvalue weighted by Crippen LogP contribution is -2.20. The lowest BCUT2D eigenvalue weighted by Gasteiger charge is -2.17. The number of nitrogens with one attached hydrogen (secondary N) is 2. The third-order valence-corrected chi connectivity index (χ3v) is 6.23. The van der Waals surface area contributed by atoms with E-state index in [4.69, 9.17) is 9.47 Å². The van der Waals surface area contributed by atoms with Gasteiger partial charge < -0.3 is 19.7 Å². The minimum atomic E-state index is -0.297. The summed E-state index contributed by atoms with van der Waals surface area (Å²) in [6, 6.07) is 20.1. The summed E-state index contributed by atoms with van der Waals surface area (Å²) in [5.41, 5.74) is 5.57. The zero-order chi connectivity index (χ0) is 25.3. The van der Waals surface area contributed by atoms with Crippen LogP contribution in [0.1, 0.15) is 28.8 Å². The lowest BCUT2D eigenvalue weighted by atomic mass is 10.2. The van der Waals surface area contributed by atoms with Crippen molar-refractivity contribution in [1.29, 1.82) is 0 Å². The van der Waals surface area contributed by atoms with E-state index in [9.17, 15) is 9.59 Å². The van der Waals surface area contributed by atoms with E-state index < -0.39 is 0 Å². The molecular formula is C27H27BrN4O4. The average molecular weight is 551 g/mol. The number of hydrogen-bond donors (Lipinski definition) is 2. The molecule has 1 aliphatic rings. The first kappa shape index (κ1) is 25.2. The fourth-order valence-corrected chi connectivity index (χ4v) is 4.41. The van der Waals surface area contributed by atoms with Crippen molar-refractivity contribution in [1.82, 2.24) is 5.43 Å². The van der Waals surface area contributed by atoms with Crippen molar-refractivity contribution < 1.29 is 19.1 Å². The van der Waals surface area contributed by atoms with Gasteiger partial charge in [-0.05, 0) is 82.9 Å². The summed E-state index contributed by atoms with van der Waals surface area (Å²) in [5, 5.41) is 6.83. The highest BCUT2D eigenvalue weighted by molar-refractivity contribution is 9.10. The predicted molar refractivity (Wildman–Crippen MR) is 144 cm³/mol. The van der Waals surface area contributed by atoms with Crippen LogP contribution in [0.15, 0.2) is 76.3 Å². The molecule has 0 bridgehead atoms. The number of halogens is 1. The Morgan fingerprint density at radius 3 is 2.47 bits per heavy atom. The molecule has 2 N–H and O–H groups in total. The smallest absolute Gasteiger partial charge is 0.271 e. The number of benzene rings is 3. The number of rotatable bonds is 9. The van der Waals surface area contributed by atoms with Crippen LogP contribution in [0.3, 0.4) is 0 Å². The van der Waals surface area contributed by atoms with Gasteiger partial charge in [0, 0.05) is 30.0 Å². The Balaban J connectivity index is 1.34. The number of nitrogens with zero attached hydrogens (tertiary/aromatic N) is 2. The molecule has 0 atom stereocenters. The molecule has 0 aliphatic carbocycles. The van der Waals surface area contributed by atoms with Gasteiger partial charge in [0.1, 0.15) is 0 Å². The Hall–Kier alpha value is -3.85. The van der Waals surface area contributed by atoms with E-state index in [0.29, 0.717) is 32.8 Å². The number of hydrazone groups is 1. The molecule has 0 unspecified atom stereocenters. The van der Waals surface area contributed by atoms with Crippen molar-refractivity contribution in [2.45, 2.75) is 12.8 Å². The number of methoxy groups -OCH3 is 1. The molecule has 1 heterocycles. The fraction of sp³-hybridized carbons (Fsp3) is 0.222. The molecule has 8 nitrogen and oxygen atoms in total. The first-order valence-corrected chi connectivity index (χ1v) is 12.4. The highest BCUT2D eigenvalue weighted by Gasteiger charge is 2.15. The zero-order valence-corrected chi connectivity index (χ0v) is 21.5. The van der Waals surface area contributed by atoms with Gasteiger partial charge in [0.2, 0.25) is 0 Å². The van der Waals surface area contributed by atoms with Gasteiger partial charge in [0.25, 0.3) is 11.8 Å². The molecule has 0 radical (unpaired) electrons. The maximum Gasteiger partial charge on any atom is 0.271 e. The Kier molecular flexibility index (Phi) is 8.57. The summed E-state index contributed by atoms with van der Waals surface area (Å²) in [7, 11) is 1.51. The van der Waals surface area contributed by atoms with Gasteiger partial charge >= 0.3 is 0 Å². The molecule has 1 aliphatic heterocycles. The molecule has 36 heavy (non-hydrogen) atoms. The average Bonchev–Trinajstić information content (AvgIpc) is 3.43. The van der Waals surface area contributed by atoms with Crippen LogP contribution in [-0.4, -0.2) is 44.8 Å². The van der Waals surface area contributed by atoms with Crippen LogP contribution in [-0.2, 0) is 4.79 Å². The number of carbonyl (C=O) groups is 2. The van der Waals surface area contributed by atoms with Crippen LogP contribution >= 0.6 is 15.9 Å². The molecule has 186 valence electrons. The number of carbonyl (C=O) groups excluding carboxylic acids is 2. The number of hydrogen-bond acceptors (Lipinski definition) is 6. The standard InChI is InChI=1S/C27H27BrN4O4/c1-35-24-16-19(15-23(28)26(24)36-18-25(33)30-21-7-3-2-4-8-21)17-29-31-27(34)20-9-11-22(12-10-20)32-13-5-6-14-32/h2-4,7-12,15-17H,5-6,13-14,18H2,1H3,(H,30,33)(H,31,34)/b29-17-. The summed E-state index contributed by atoms with van der Waals surface area (Å²) in [6.07, 6.45) is 3.92. The van der Waals surface area contributed by atoms with E-state index in [1.165, 1.54) is 26.2 Å². The van der Waals surface area contributed by atoms with Gasteiger partial charge in [-0.25, -0.2) is 5.43 Å². The van der Waals surface area contributed by atoms with E-state index in [-0.39, 0.29) is 18.4 Å².